The second kappa shape index (κ2) is 12.7. The molecule has 0 aliphatic heterocycles. The number of carboxylic acid groups (broad SMARTS) is 3. The predicted octanol–water partition coefficient (Wildman–Crippen LogP) is -0.693. The maximum Gasteiger partial charge on any atom is 0.327 e. The zero-order chi connectivity index (χ0) is 17.6. The van der Waals surface area contributed by atoms with Crippen LogP contribution in [0.4, 0.5) is 0 Å². The van der Waals surface area contributed by atoms with Crippen molar-refractivity contribution in [3.8, 4) is 0 Å². The Kier molecular flexibility index (Phi) is 12.9. The largest absolute Gasteiger partial charge is 0.481 e. The third-order valence-electron chi connectivity index (χ3n) is 2.60. The molecule has 128 valence electrons. The number of hydrogen-bond donors (Lipinski definition) is 6. The first-order valence-corrected chi connectivity index (χ1v) is 6.41. The standard InChI is InChI=1S/C8H14O5.C5H8O4/c9-4-3-8(5-10,6-11)2-1-7(12)13;6-4(7)2-1-3-5(8)9/h1-2,9-11H,3-6H2,(H,12,13);1-3H2,(H,6,7)(H,8,9). The smallest absolute Gasteiger partial charge is 0.327 e. The molecule has 6 N–H and O–H groups in total. The van der Waals surface area contributed by atoms with Gasteiger partial charge in [0.25, 0.3) is 0 Å². The van der Waals surface area contributed by atoms with Crippen LogP contribution in [0.25, 0.3) is 0 Å². The number of carbonyl (C=O) groups is 3. The van der Waals surface area contributed by atoms with E-state index >= 15 is 0 Å². The van der Waals surface area contributed by atoms with E-state index in [1.165, 1.54) is 6.08 Å². The molecule has 0 rings (SSSR count). The molecule has 0 fully saturated rings. The molecular formula is C13H22O9. The highest BCUT2D eigenvalue weighted by molar-refractivity contribution is 5.79. The van der Waals surface area contributed by atoms with Gasteiger partial charge in [-0.1, -0.05) is 6.08 Å². The molecule has 9 nitrogen and oxygen atoms in total. The van der Waals surface area contributed by atoms with Crippen molar-refractivity contribution in [3.05, 3.63) is 12.2 Å². The fraction of sp³-hybridized carbons (Fsp3) is 0.615. The molecule has 0 saturated heterocycles. The van der Waals surface area contributed by atoms with Gasteiger partial charge in [-0.05, 0) is 12.8 Å². The lowest BCUT2D eigenvalue weighted by Crippen LogP contribution is -2.29. The lowest BCUT2D eigenvalue weighted by atomic mass is 9.86. The van der Waals surface area contributed by atoms with Crippen LogP contribution < -0.4 is 0 Å². The van der Waals surface area contributed by atoms with Crippen molar-refractivity contribution in [2.24, 2.45) is 5.41 Å². The summed E-state index contributed by atoms with van der Waals surface area (Å²) in [6.07, 6.45) is 2.26. The molecule has 22 heavy (non-hydrogen) atoms. The number of aliphatic hydroxyl groups is 3. The van der Waals surface area contributed by atoms with Crippen molar-refractivity contribution in [1.82, 2.24) is 0 Å². The fourth-order valence-electron chi connectivity index (χ4n) is 1.26. The summed E-state index contributed by atoms with van der Waals surface area (Å²) in [5.41, 5.74) is -1.03. The first-order chi connectivity index (χ1) is 10.2. The van der Waals surface area contributed by atoms with E-state index in [0.717, 1.165) is 6.08 Å². The van der Waals surface area contributed by atoms with Crippen LogP contribution in [0.1, 0.15) is 25.7 Å². The molecule has 0 bridgehead atoms. The summed E-state index contributed by atoms with van der Waals surface area (Å²) in [4.78, 5) is 29.7. The van der Waals surface area contributed by atoms with Gasteiger partial charge >= 0.3 is 17.9 Å². The fourth-order valence-corrected chi connectivity index (χ4v) is 1.26. The Morgan fingerprint density at radius 2 is 1.32 bits per heavy atom. The molecule has 0 saturated carbocycles. The van der Waals surface area contributed by atoms with E-state index < -0.39 is 36.5 Å². The maximum absolute atomic E-state index is 10.2. The van der Waals surface area contributed by atoms with Crippen LogP contribution in [-0.4, -0.2) is 68.4 Å². The normalized spacial score (nSPS) is 10.9. The summed E-state index contributed by atoms with van der Waals surface area (Å²) in [5, 5.41) is 50.8. The van der Waals surface area contributed by atoms with Gasteiger partial charge in [-0.3, -0.25) is 9.59 Å². The van der Waals surface area contributed by atoms with Crippen LogP contribution in [0.3, 0.4) is 0 Å². The van der Waals surface area contributed by atoms with Crippen molar-refractivity contribution >= 4 is 17.9 Å². The molecule has 0 radical (unpaired) electrons. The lowest BCUT2D eigenvalue weighted by molar-refractivity contribution is -0.138. The highest BCUT2D eigenvalue weighted by atomic mass is 16.4. The van der Waals surface area contributed by atoms with Crippen LogP contribution in [0, 0.1) is 5.41 Å². The van der Waals surface area contributed by atoms with Gasteiger partial charge < -0.3 is 30.6 Å². The summed E-state index contributed by atoms with van der Waals surface area (Å²) < 4.78 is 0. The highest BCUT2D eigenvalue weighted by Crippen LogP contribution is 2.22. The molecule has 0 aliphatic rings. The molecule has 9 heteroatoms. The summed E-state index contributed by atoms with van der Waals surface area (Å²) in [6.45, 7) is -1.01. The molecule has 0 amide bonds. The minimum absolute atomic E-state index is 0.0632. The third kappa shape index (κ3) is 13.0. The summed E-state index contributed by atoms with van der Waals surface area (Å²) in [5.74, 6) is -3.04. The number of hydrogen-bond acceptors (Lipinski definition) is 6. The van der Waals surface area contributed by atoms with Crippen LogP contribution >= 0.6 is 0 Å². The second-order valence-electron chi connectivity index (χ2n) is 4.46. The van der Waals surface area contributed by atoms with Gasteiger partial charge in [0.2, 0.25) is 0 Å². The van der Waals surface area contributed by atoms with E-state index in [1.807, 2.05) is 0 Å². The zero-order valence-corrected chi connectivity index (χ0v) is 12.0. The van der Waals surface area contributed by atoms with E-state index in [1.54, 1.807) is 0 Å². The van der Waals surface area contributed by atoms with Crippen molar-refractivity contribution in [1.29, 1.82) is 0 Å². The molecule has 0 aromatic carbocycles. The van der Waals surface area contributed by atoms with Gasteiger partial charge in [0.15, 0.2) is 0 Å². The average molecular weight is 322 g/mol. The molecule has 0 aromatic heterocycles. The topological polar surface area (TPSA) is 173 Å². The molecular weight excluding hydrogens is 300 g/mol. The zero-order valence-electron chi connectivity index (χ0n) is 12.0. The third-order valence-corrected chi connectivity index (χ3v) is 2.60. The number of aliphatic carboxylic acids is 3. The molecule has 0 aromatic rings. The highest BCUT2D eigenvalue weighted by Gasteiger charge is 2.25. The molecule has 0 unspecified atom stereocenters. The van der Waals surface area contributed by atoms with Gasteiger partial charge in [-0.2, -0.15) is 0 Å². The SMILES string of the molecule is O=C(O)C=CC(CO)(CO)CCO.O=C(O)CCCC(=O)O. The first-order valence-electron chi connectivity index (χ1n) is 6.41. The van der Waals surface area contributed by atoms with E-state index in [-0.39, 0.29) is 32.3 Å². The van der Waals surface area contributed by atoms with E-state index in [4.69, 9.17) is 30.6 Å². The van der Waals surface area contributed by atoms with Gasteiger partial charge in [-0.15, -0.1) is 0 Å². The monoisotopic (exact) mass is 322 g/mol. The Bertz CT molecular complexity index is 358. The molecule has 0 spiro atoms. The Balaban J connectivity index is 0. The molecule has 0 aliphatic carbocycles. The van der Waals surface area contributed by atoms with Crippen molar-refractivity contribution in [2.75, 3.05) is 19.8 Å². The first kappa shape index (κ1) is 22.3. The Labute approximate surface area is 127 Å². The minimum atomic E-state index is -1.15. The van der Waals surface area contributed by atoms with Crippen molar-refractivity contribution < 1.29 is 45.0 Å². The maximum atomic E-state index is 10.2. The summed E-state index contributed by atoms with van der Waals surface area (Å²) in [6, 6.07) is 0. The quantitative estimate of drug-likeness (QED) is 0.284. The van der Waals surface area contributed by atoms with Gasteiger partial charge in [0.05, 0.1) is 13.2 Å². The van der Waals surface area contributed by atoms with Crippen LogP contribution in [-0.2, 0) is 14.4 Å². The Morgan fingerprint density at radius 3 is 1.59 bits per heavy atom. The van der Waals surface area contributed by atoms with Crippen LogP contribution in [0.5, 0.6) is 0 Å². The summed E-state index contributed by atoms with van der Waals surface area (Å²) in [7, 11) is 0. The lowest BCUT2D eigenvalue weighted by Gasteiger charge is -2.24. The van der Waals surface area contributed by atoms with Gasteiger partial charge in [-0.25, -0.2) is 4.79 Å². The van der Waals surface area contributed by atoms with Crippen LogP contribution in [0.2, 0.25) is 0 Å². The van der Waals surface area contributed by atoms with Crippen molar-refractivity contribution in [3.63, 3.8) is 0 Å². The van der Waals surface area contributed by atoms with E-state index in [9.17, 15) is 14.4 Å². The number of rotatable bonds is 10. The van der Waals surface area contributed by atoms with E-state index in [0.29, 0.717) is 0 Å². The number of carboxylic acids is 3. The average Bonchev–Trinajstić information content (AvgIpc) is 2.43. The molecule has 0 heterocycles. The Hall–Kier alpha value is -1.97. The van der Waals surface area contributed by atoms with Gasteiger partial charge in [0, 0.05) is 30.9 Å². The van der Waals surface area contributed by atoms with Crippen LogP contribution in [0.15, 0.2) is 12.2 Å². The Morgan fingerprint density at radius 1 is 0.864 bits per heavy atom. The molecule has 0 atom stereocenters. The second-order valence-corrected chi connectivity index (χ2v) is 4.46. The predicted molar refractivity (Wildman–Crippen MR) is 74.2 cm³/mol. The van der Waals surface area contributed by atoms with E-state index in [2.05, 4.69) is 0 Å². The minimum Gasteiger partial charge on any atom is -0.481 e. The summed E-state index contributed by atoms with van der Waals surface area (Å²) >= 11 is 0. The number of aliphatic hydroxyl groups excluding tert-OH is 3. The van der Waals surface area contributed by atoms with Crippen molar-refractivity contribution in [2.45, 2.75) is 25.7 Å². The van der Waals surface area contributed by atoms with Gasteiger partial charge in [0.1, 0.15) is 0 Å².